The molecule has 1 aliphatic heterocycles. The van der Waals surface area contributed by atoms with Gasteiger partial charge in [0.05, 0.1) is 23.9 Å². The normalized spacial score (nSPS) is 24.7. The number of ether oxygens (including phenoxy) is 1. The van der Waals surface area contributed by atoms with Crippen molar-refractivity contribution in [3.8, 4) is 0 Å². The molecule has 234 valence electrons. The lowest BCUT2D eigenvalue weighted by Crippen LogP contribution is -2.49. The number of aldehydes is 1. The maximum atomic E-state index is 12.6. The molecule has 5 rings (SSSR count). The van der Waals surface area contributed by atoms with Gasteiger partial charge in [0.25, 0.3) is 11.7 Å². The number of fused-ring (bicyclic) bond motifs is 2. The minimum Gasteiger partial charge on any atom is -0.459 e. The van der Waals surface area contributed by atoms with Crippen LogP contribution in [0.2, 0.25) is 0 Å². The Bertz CT molecular complexity index is 1470. The van der Waals surface area contributed by atoms with Gasteiger partial charge < -0.3 is 9.64 Å². The topological polar surface area (TPSA) is 111 Å². The number of carbonyl (C=O) groups is 4. The van der Waals surface area contributed by atoms with Gasteiger partial charge in [-0.2, -0.15) is 0 Å². The second kappa shape index (κ2) is 13.0. The van der Waals surface area contributed by atoms with E-state index in [1.807, 2.05) is 12.1 Å². The summed E-state index contributed by atoms with van der Waals surface area (Å²) in [4.78, 5) is 50.5. The highest BCUT2D eigenvalue weighted by Gasteiger charge is 2.52. The van der Waals surface area contributed by atoms with Crippen molar-refractivity contribution in [3.05, 3.63) is 65.5 Å². The molecule has 3 aliphatic rings. The number of amides is 1. The van der Waals surface area contributed by atoms with Gasteiger partial charge in [0, 0.05) is 13.1 Å². The van der Waals surface area contributed by atoms with Crippen LogP contribution in [-0.4, -0.2) is 45.5 Å². The number of hydrogen-bond acceptors (Lipinski definition) is 7. The van der Waals surface area contributed by atoms with Crippen molar-refractivity contribution >= 4 is 29.6 Å². The van der Waals surface area contributed by atoms with Gasteiger partial charge in [0.1, 0.15) is 18.6 Å². The highest BCUT2D eigenvalue weighted by atomic mass is 16.5. The van der Waals surface area contributed by atoms with E-state index in [0.29, 0.717) is 65.7 Å². The predicted octanol–water partition coefficient (Wildman–Crippen LogP) is 6.04. The number of carbonyl (C=O) groups excluding carboxylic acids is 4. The van der Waals surface area contributed by atoms with Gasteiger partial charge in [-0.1, -0.05) is 62.8 Å². The Kier molecular flexibility index (Phi) is 9.32. The molecule has 0 saturated heterocycles. The SMILES string of the molecule is C=C1CC[C@H]2C(C)(C)CCC[C@]2(C)[C@H]1C/C=C(/C=O)CC(=O)OCc1cn(CCCCN2C(=O)C(=O)c3ccccc32)nn1. The zero-order valence-electron chi connectivity index (χ0n) is 26.2. The van der Waals surface area contributed by atoms with E-state index in [1.54, 1.807) is 29.1 Å². The van der Waals surface area contributed by atoms with Gasteiger partial charge in [-0.25, -0.2) is 0 Å². The molecule has 3 atom stereocenters. The van der Waals surface area contributed by atoms with Crippen LogP contribution >= 0.6 is 0 Å². The number of anilines is 1. The molecule has 9 heteroatoms. The van der Waals surface area contributed by atoms with Gasteiger partial charge in [-0.3, -0.25) is 23.9 Å². The van der Waals surface area contributed by atoms with Crippen molar-refractivity contribution in [2.75, 3.05) is 11.4 Å². The van der Waals surface area contributed by atoms with Gasteiger partial charge >= 0.3 is 5.97 Å². The van der Waals surface area contributed by atoms with Crippen LogP contribution in [0.5, 0.6) is 0 Å². The molecule has 0 spiro atoms. The first-order valence-electron chi connectivity index (χ1n) is 15.9. The summed E-state index contributed by atoms with van der Waals surface area (Å²) in [7, 11) is 0. The molecule has 1 aromatic carbocycles. The summed E-state index contributed by atoms with van der Waals surface area (Å²) in [5.41, 5.74) is 3.79. The maximum Gasteiger partial charge on any atom is 0.310 e. The number of nitrogens with zero attached hydrogens (tertiary/aromatic N) is 4. The third kappa shape index (κ3) is 6.47. The van der Waals surface area contributed by atoms with Crippen LogP contribution in [0.4, 0.5) is 5.69 Å². The Morgan fingerprint density at radius 1 is 1.14 bits per heavy atom. The Morgan fingerprint density at radius 2 is 1.91 bits per heavy atom. The van der Waals surface area contributed by atoms with Crippen molar-refractivity contribution in [1.29, 1.82) is 0 Å². The zero-order chi connectivity index (χ0) is 31.5. The van der Waals surface area contributed by atoms with E-state index in [2.05, 4.69) is 37.7 Å². The summed E-state index contributed by atoms with van der Waals surface area (Å²) in [6.07, 6.45) is 12.3. The van der Waals surface area contributed by atoms with Gasteiger partial charge in [-0.15, -0.1) is 5.10 Å². The molecule has 0 bridgehead atoms. The van der Waals surface area contributed by atoms with Crippen molar-refractivity contribution in [3.63, 3.8) is 0 Å². The first kappa shape index (κ1) is 31.5. The number of aromatic nitrogens is 3. The van der Waals surface area contributed by atoms with Crippen LogP contribution < -0.4 is 4.90 Å². The maximum absolute atomic E-state index is 12.6. The molecular formula is C35H44N4O5. The van der Waals surface area contributed by atoms with Gasteiger partial charge in [0.2, 0.25) is 0 Å². The third-order valence-corrected chi connectivity index (χ3v) is 10.3. The van der Waals surface area contributed by atoms with Crippen LogP contribution in [0, 0.1) is 22.7 Å². The Hall–Kier alpha value is -3.88. The van der Waals surface area contributed by atoms with Crippen LogP contribution in [0.15, 0.2) is 54.3 Å². The molecule has 0 unspecified atom stereocenters. The fourth-order valence-corrected chi connectivity index (χ4v) is 8.04. The van der Waals surface area contributed by atoms with Crippen molar-refractivity contribution < 1.29 is 23.9 Å². The van der Waals surface area contributed by atoms with E-state index in [-0.39, 0.29) is 18.4 Å². The van der Waals surface area contributed by atoms with Crippen molar-refractivity contribution in [2.24, 2.45) is 22.7 Å². The van der Waals surface area contributed by atoms with E-state index >= 15 is 0 Å². The van der Waals surface area contributed by atoms with Crippen molar-refractivity contribution in [1.82, 2.24) is 15.0 Å². The lowest BCUT2D eigenvalue weighted by atomic mass is 9.47. The van der Waals surface area contributed by atoms with E-state index in [4.69, 9.17) is 4.74 Å². The summed E-state index contributed by atoms with van der Waals surface area (Å²) in [6, 6.07) is 7.04. The number of esters is 1. The second-order valence-electron chi connectivity index (χ2n) is 13.6. The molecule has 2 aliphatic carbocycles. The van der Waals surface area contributed by atoms with Crippen LogP contribution in [0.3, 0.4) is 0 Å². The number of para-hydroxylation sites is 1. The monoisotopic (exact) mass is 600 g/mol. The lowest BCUT2D eigenvalue weighted by Gasteiger charge is -2.58. The van der Waals surface area contributed by atoms with Crippen LogP contribution in [0.25, 0.3) is 0 Å². The average Bonchev–Trinajstić information content (AvgIpc) is 3.54. The first-order valence-corrected chi connectivity index (χ1v) is 15.9. The standard InChI is InChI=1S/C35H44N4O5/c1-24-12-15-30-34(2,3)16-9-17-35(30,4)28(24)14-13-25(22-40)20-31(41)44-23-26-21-38(37-36-26)18-7-8-19-39-29-11-6-5-10-27(29)32(42)33(39)43/h5-6,10-11,13,21-22,28,30H,1,7-9,12,14-20,23H2,2-4H3/b25-13+/t28-,30-,35+/m0/s1. The van der Waals surface area contributed by atoms with E-state index < -0.39 is 17.7 Å². The highest BCUT2D eigenvalue weighted by Crippen LogP contribution is 2.61. The molecule has 2 aromatic rings. The van der Waals surface area contributed by atoms with E-state index in [1.165, 1.54) is 36.2 Å². The number of allylic oxidation sites excluding steroid dienone is 2. The fourth-order valence-electron chi connectivity index (χ4n) is 8.04. The quantitative estimate of drug-likeness (QED) is 0.0730. The van der Waals surface area contributed by atoms with E-state index in [9.17, 15) is 19.2 Å². The van der Waals surface area contributed by atoms with Crippen LogP contribution in [0.1, 0.15) is 94.6 Å². The molecule has 1 amide bonds. The lowest BCUT2D eigenvalue weighted by molar-refractivity contribution is -0.144. The molecule has 0 N–H and O–H groups in total. The molecule has 44 heavy (non-hydrogen) atoms. The van der Waals surface area contributed by atoms with Crippen molar-refractivity contribution in [2.45, 2.75) is 91.7 Å². The molecule has 1 aromatic heterocycles. The largest absolute Gasteiger partial charge is 0.459 e. The Labute approximate surface area is 259 Å². The number of hydrogen-bond donors (Lipinski definition) is 0. The minimum atomic E-state index is -0.487. The number of benzene rings is 1. The smallest absolute Gasteiger partial charge is 0.310 e. The first-order chi connectivity index (χ1) is 21.0. The molecule has 2 saturated carbocycles. The van der Waals surface area contributed by atoms with Gasteiger partial charge in [-0.05, 0) is 85.3 Å². The van der Waals surface area contributed by atoms with Gasteiger partial charge in [0.15, 0.2) is 0 Å². The second-order valence-corrected chi connectivity index (χ2v) is 13.6. The Balaban J connectivity index is 1.07. The number of rotatable bonds is 12. The van der Waals surface area contributed by atoms with E-state index in [0.717, 1.165) is 19.1 Å². The number of unbranched alkanes of at least 4 members (excludes halogenated alkanes) is 1. The fraction of sp³-hybridized carbons (Fsp3) is 0.543. The molecular weight excluding hydrogens is 556 g/mol. The summed E-state index contributed by atoms with van der Waals surface area (Å²) < 4.78 is 7.09. The number of Topliss-reactive ketones (excluding diaryl/α,β-unsaturated/α-hetero) is 1. The minimum absolute atomic E-state index is 0.0274. The number of ketones is 1. The molecule has 2 heterocycles. The predicted molar refractivity (Wildman–Crippen MR) is 167 cm³/mol. The summed E-state index contributed by atoms with van der Waals surface area (Å²) in [6.45, 7) is 12.6. The average molecular weight is 601 g/mol. The molecule has 2 fully saturated rings. The molecule has 9 nitrogen and oxygen atoms in total. The third-order valence-electron chi connectivity index (χ3n) is 10.3. The number of aryl methyl sites for hydroxylation is 1. The summed E-state index contributed by atoms with van der Waals surface area (Å²) >= 11 is 0. The zero-order valence-corrected chi connectivity index (χ0v) is 26.2. The highest BCUT2D eigenvalue weighted by molar-refractivity contribution is 6.52. The molecule has 0 radical (unpaired) electrons. The Morgan fingerprint density at radius 3 is 2.70 bits per heavy atom. The summed E-state index contributed by atoms with van der Waals surface area (Å²) in [5.74, 6) is -0.496. The summed E-state index contributed by atoms with van der Waals surface area (Å²) in [5, 5.41) is 8.20. The van der Waals surface area contributed by atoms with Crippen LogP contribution in [-0.2, 0) is 32.3 Å².